The first-order chi connectivity index (χ1) is 11.6. The van der Waals surface area contributed by atoms with Crippen LogP contribution in [0, 0.1) is 17.2 Å². The van der Waals surface area contributed by atoms with Crippen LogP contribution >= 0.6 is 0 Å². The van der Waals surface area contributed by atoms with E-state index in [1.165, 1.54) is 5.06 Å². The van der Waals surface area contributed by atoms with Crippen LogP contribution in [0.3, 0.4) is 0 Å². The summed E-state index contributed by atoms with van der Waals surface area (Å²) in [6.45, 7) is 1.49. The van der Waals surface area contributed by atoms with Crippen molar-refractivity contribution < 1.29 is 14.4 Å². The van der Waals surface area contributed by atoms with E-state index in [0.717, 1.165) is 12.8 Å². The smallest absolute Gasteiger partial charge is 0.318 e. The first-order valence-electron chi connectivity index (χ1n) is 8.12. The molecular formula is C17H18N4O3. The average molecular weight is 326 g/mol. The number of nitrogens with zero attached hydrogens (tertiary/aromatic N) is 3. The van der Waals surface area contributed by atoms with Crippen molar-refractivity contribution in [3.05, 3.63) is 29.8 Å². The zero-order valence-corrected chi connectivity index (χ0v) is 13.2. The molecule has 0 unspecified atom stereocenters. The van der Waals surface area contributed by atoms with Crippen LogP contribution in [0.15, 0.2) is 24.3 Å². The molecule has 124 valence electrons. The first-order valence-corrected chi connectivity index (χ1v) is 8.12. The molecule has 1 spiro atoms. The maximum atomic E-state index is 12.3. The number of hydrogen-bond acceptors (Lipinski definition) is 4. The second-order valence-electron chi connectivity index (χ2n) is 6.83. The fourth-order valence-electron chi connectivity index (χ4n) is 3.19. The number of hydrogen-bond donors (Lipinski definition) is 1. The summed E-state index contributed by atoms with van der Waals surface area (Å²) in [6.07, 6.45) is 2.67. The number of benzene rings is 1. The van der Waals surface area contributed by atoms with Gasteiger partial charge in [-0.3, -0.25) is 9.63 Å². The molecule has 3 aliphatic rings. The summed E-state index contributed by atoms with van der Waals surface area (Å²) in [6, 6.07) is 8.56. The van der Waals surface area contributed by atoms with Crippen molar-refractivity contribution in [1.82, 2.24) is 9.96 Å². The van der Waals surface area contributed by atoms with Crippen molar-refractivity contribution in [3.63, 3.8) is 0 Å². The Morgan fingerprint density at radius 1 is 1.42 bits per heavy atom. The fraction of sp³-hybridized carbons (Fsp3) is 0.471. The minimum atomic E-state index is -0.544. The Labute approximate surface area is 139 Å². The predicted octanol–water partition coefficient (Wildman–Crippen LogP) is 1.72. The van der Waals surface area contributed by atoms with Crippen molar-refractivity contribution >= 4 is 17.6 Å². The number of hydroxylamine groups is 2. The fourth-order valence-corrected chi connectivity index (χ4v) is 3.19. The number of amides is 3. The van der Waals surface area contributed by atoms with Crippen LogP contribution in [0.4, 0.5) is 10.5 Å². The Bertz CT molecular complexity index is 732. The summed E-state index contributed by atoms with van der Waals surface area (Å²) in [4.78, 5) is 31.8. The molecule has 0 aromatic heterocycles. The monoisotopic (exact) mass is 326 g/mol. The van der Waals surface area contributed by atoms with Crippen molar-refractivity contribution in [1.29, 1.82) is 5.26 Å². The molecule has 2 aliphatic heterocycles. The van der Waals surface area contributed by atoms with E-state index in [-0.39, 0.29) is 11.9 Å². The minimum Gasteiger partial charge on any atom is -0.318 e. The van der Waals surface area contributed by atoms with Crippen LogP contribution in [0.1, 0.15) is 24.8 Å². The molecule has 1 aromatic rings. The zero-order chi connectivity index (χ0) is 16.7. The second kappa shape index (κ2) is 5.49. The third-order valence-electron chi connectivity index (χ3n) is 4.66. The molecule has 1 N–H and O–H groups in total. The van der Waals surface area contributed by atoms with Gasteiger partial charge in [0.25, 0.3) is 0 Å². The third kappa shape index (κ3) is 2.81. The maximum Gasteiger partial charge on any atom is 0.322 e. The highest BCUT2D eigenvalue weighted by Gasteiger charge is 2.55. The number of rotatable bonds is 3. The van der Waals surface area contributed by atoms with Gasteiger partial charge in [-0.25, -0.2) is 9.86 Å². The van der Waals surface area contributed by atoms with Crippen LogP contribution in [0.5, 0.6) is 0 Å². The molecule has 1 saturated carbocycles. The molecular weight excluding hydrogens is 308 g/mol. The maximum absolute atomic E-state index is 12.3. The molecule has 3 amide bonds. The highest BCUT2D eigenvalue weighted by atomic mass is 16.7. The Hall–Kier alpha value is -2.59. The van der Waals surface area contributed by atoms with Gasteiger partial charge >= 0.3 is 6.03 Å². The number of anilines is 1. The van der Waals surface area contributed by atoms with E-state index < -0.39 is 5.60 Å². The number of carbonyl (C=O) groups is 2. The topological polar surface area (TPSA) is 85.7 Å². The summed E-state index contributed by atoms with van der Waals surface area (Å²) in [5.74, 6) is 0.597. The van der Waals surface area contributed by atoms with Crippen molar-refractivity contribution in [2.75, 3.05) is 25.0 Å². The lowest BCUT2D eigenvalue weighted by molar-refractivity contribution is -0.229. The highest BCUT2D eigenvalue weighted by Crippen LogP contribution is 2.39. The van der Waals surface area contributed by atoms with E-state index in [4.69, 9.17) is 10.1 Å². The first kappa shape index (κ1) is 15.0. The number of likely N-dealkylation sites (tertiary alicyclic amines) is 1. The number of nitrogens with one attached hydrogen (secondary N) is 1. The Kier molecular flexibility index (Phi) is 3.43. The molecule has 0 bridgehead atoms. The van der Waals surface area contributed by atoms with Gasteiger partial charge in [0.2, 0.25) is 5.91 Å². The third-order valence-corrected chi connectivity index (χ3v) is 4.66. The molecule has 24 heavy (non-hydrogen) atoms. The zero-order valence-electron chi connectivity index (χ0n) is 13.2. The van der Waals surface area contributed by atoms with Gasteiger partial charge in [0.05, 0.1) is 37.7 Å². The summed E-state index contributed by atoms with van der Waals surface area (Å²) in [7, 11) is 0. The van der Waals surface area contributed by atoms with Crippen LogP contribution in [-0.4, -0.2) is 47.1 Å². The van der Waals surface area contributed by atoms with Crippen molar-refractivity contribution in [3.8, 4) is 6.07 Å². The Morgan fingerprint density at radius 2 is 2.21 bits per heavy atom. The molecule has 2 heterocycles. The Morgan fingerprint density at radius 3 is 2.92 bits per heavy atom. The van der Waals surface area contributed by atoms with E-state index >= 15 is 0 Å². The number of nitriles is 1. The van der Waals surface area contributed by atoms with E-state index in [1.807, 2.05) is 6.07 Å². The van der Waals surface area contributed by atoms with Gasteiger partial charge in [-0.2, -0.15) is 5.26 Å². The van der Waals surface area contributed by atoms with Gasteiger partial charge in [0, 0.05) is 5.69 Å². The number of urea groups is 1. The van der Waals surface area contributed by atoms with Crippen LogP contribution < -0.4 is 5.32 Å². The van der Waals surface area contributed by atoms with Crippen LogP contribution in [-0.2, 0) is 9.63 Å². The molecule has 7 nitrogen and oxygen atoms in total. The summed E-state index contributed by atoms with van der Waals surface area (Å²) in [5, 5.41) is 13.2. The molecule has 0 radical (unpaired) electrons. The quantitative estimate of drug-likeness (QED) is 0.916. The molecule has 7 heteroatoms. The van der Waals surface area contributed by atoms with Gasteiger partial charge in [-0.05, 0) is 37.0 Å². The largest absolute Gasteiger partial charge is 0.322 e. The minimum absolute atomic E-state index is 0.0173. The van der Waals surface area contributed by atoms with Gasteiger partial charge in [0.1, 0.15) is 5.60 Å². The molecule has 4 rings (SSSR count). The summed E-state index contributed by atoms with van der Waals surface area (Å²) in [5.41, 5.74) is 0.532. The SMILES string of the molecule is N#Cc1cccc(NC(=O)N2CC3(CC(=O)N(CC4CC4)O3)C2)c1. The van der Waals surface area contributed by atoms with E-state index in [2.05, 4.69) is 5.32 Å². The van der Waals surface area contributed by atoms with E-state index in [0.29, 0.717) is 43.2 Å². The highest BCUT2D eigenvalue weighted by molar-refractivity contribution is 5.90. The average Bonchev–Trinajstić information content (AvgIpc) is 3.28. The van der Waals surface area contributed by atoms with Gasteiger partial charge in [-0.1, -0.05) is 6.07 Å². The standard InChI is InChI=1S/C17H18N4O3/c18-8-13-2-1-3-14(6-13)19-16(23)20-10-17(11-20)7-15(22)21(24-17)9-12-4-5-12/h1-3,6,12H,4-5,7,9-11H2,(H,19,23). The molecule has 1 aliphatic carbocycles. The normalized spacial score (nSPS) is 21.5. The lowest BCUT2D eigenvalue weighted by Gasteiger charge is -2.45. The summed E-state index contributed by atoms with van der Waals surface area (Å²) < 4.78 is 0. The van der Waals surface area contributed by atoms with Gasteiger partial charge < -0.3 is 10.2 Å². The van der Waals surface area contributed by atoms with E-state index in [1.54, 1.807) is 29.2 Å². The molecule has 3 fully saturated rings. The second-order valence-corrected chi connectivity index (χ2v) is 6.83. The van der Waals surface area contributed by atoms with Crippen molar-refractivity contribution in [2.45, 2.75) is 24.9 Å². The number of carbonyl (C=O) groups excluding carboxylic acids is 2. The van der Waals surface area contributed by atoms with Crippen LogP contribution in [0.2, 0.25) is 0 Å². The van der Waals surface area contributed by atoms with Gasteiger partial charge in [-0.15, -0.1) is 0 Å². The molecule has 0 atom stereocenters. The van der Waals surface area contributed by atoms with Crippen molar-refractivity contribution in [2.24, 2.45) is 5.92 Å². The van der Waals surface area contributed by atoms with Gasteiger partial charge in [0.15, 0.2) is 0 Å². The lowest BCUT2D eigenvalue weighted by atomic mass is 9.91. The molecule has 2 saturated heterocycles. The summed E-state index contributed by atoms with van der Waals surface area (Å²) >= 11 is 0. The lowest BCUT2D eigenvalue weighted by Crippen LogP contribution is -2.64. The predicted molar refractivity (Wildman–Crippen MR) is 84.6 cm³/mol. The molecule has 1 aromatic carbocycles. The Balaban J connectivity index is 1.32. The van der Waals surface area contributed by atoms with E-state index in [9.17, 15) is 9.59 Å². The van der Waals surface area contributed by atoms with Crippen LogP contribution in [0.25, 0.3) is 0 Å².